The highest BCUT2D eigenvalue weighted by Gasteiger charge is 2.16. The van der Waals surface area contributed by atoms with E-state index < -0.39 is 6.10 Å². The molecule has 1 atom stereocenters. The van der Waals surface area contributed by atoms with Crippen LogP contribution in [0.3, 0.4) is 0 Å². The van der Waals surface area contributed by atoms with E-state index in [1.807, 2.05) is 30.3 Å². The zero-order valence-electron chi connectivity index (χ0n) is 12.4. The van der Waals surface area contributed by atoms with Crippen LogP contribution in [0, 0.1) is 0 Å². The van der Waals surface area contributed by atoms with Gasteiger partial charge >= 0.3 is 0 Å². The minimum atomic E-state index is -0.468. The molecule has 0 amide bonds. The zero-order valence-corrected chi connectivity index (χ0v) is 14.1. The lowest BCUT2D eigenvalue weighted by Crippen LogP contribution is -2.21. The van der Waals surface area contributed by atoms with Crippen LogP contribution in [0.15, 0.2) is 34.7 Å². The summed E-state index contributed by atoms with van der Waals surface area (Å²) in [6, 6.07) is 10.3. The van der Waals surface area contributed by atoms with Gasteiger partial charge in [0, 0.05) is 11.8 Å². The van der Waals surface area contributed by atoms with Crippen molar-refractivity contribution < 1.29 is 5.11 Å². The summed E-state index contributed by atoms with van der Waals surface area (Å²) in [6.07, 6.45) is 5.96. The Hall–Kier alpha value is -1.11. The smallest absolute Gasteiger partial charge is 0.206 e. The van der Waals surface area contributed by atoms with E-state index in [4.69, 9.17) is 0 Å². The van der Waals surface area contributed by atoms with Gasteiger partial charge in [-0.05, 0) is 18.4 Å². The lowest BCUT2D eigenvalue weighted by atomic mass is 9.96. The zero-order chi connectivity index (χ0) is 15.2. The summed E-state index contributed by atoms with van der Waals surface area (Å²) < 4.78 is 0.910. The molecule has 0 spiro atoms. The number of aliphatic hydroxyl groups is 1. The molecule has 1 unspecified atom stereocenters. The Morgan fingerprint density at radius 3 is 2.73 bits per heavy atom. The first kappa shape index (κ1) is 15.8. The van der Waals surface area contributed by atoms with Crippen LogP contribution in [0.25, 0.3) is 0 Å². The van der Waals surface area contributed by atoms with Gasteiger partial charge in [0.05, 0.1) is 6.10 Å². The van der Waals surface area contributed by atoms with Crippen molar-refractivity contribution in [2.45, 2.75) is 48.6 Å². The van der Waals surface area contributed by atoms with Gasteiger partial charge in [-0.2, -0.15) is 0 Å². The van der Waals surface area contributed by atoms with E-state index in [-0.39, 0.29) is 0 Å². The molecule has 22 heavy (non-hydrogen) atoms. The molecule has 1 fully saturated rings. The van der Waals surface area contributed by atoms with Gasteiger partial charge < -0.3 is 10.4 Å². The van der Waals surface area contributed by atoms with Crippen molar-refractivity contribution in [1.29, 1.82) is 0 Å². The number of aliphatic hydroxyl groups excluding tert-OH is 1. The maximum Gasteiger partial charge on any atom is 0.206 e. The monoisotopic (exact) mass is 335 g/mol. The third-order valence-corrected chi connectivity index (χ3v) is 5.95. The number of hydrogen-bond acceptors (Lipinski definition) is 6. The van der Waals surface area contributed by atoms with Crippen molar-refractivity contribution in [2.24, 2.45) is 0 Å². The topological polar surface area (TPSA) is 58.0 Å². The summed E-state index contributed by atoms with van der Waals surface area (Å²) in [7, 11) is 0. The molecule has 1 aliphatic carbocycles. The first-order chi connectivity index (χ1) is 10.8. The van der Waals surface area contributed by atoms with E-state index in [0.29, 0.717) is 11.8 Å². The Bertz CT molecular complexity index is 570. The van der Waals surface area contributed by atoms with Crippen LogP contribution in [0.5, 0.6) is 0 Å². The molecule has 0 radical (unpaired) electrons. The van der Waals surface area contributed by atoms with Crippen LogP contribution < -0.4 is 5.32 Å². The fraction of sp³-hybridized carbons (Fsp3) is 0.500. The molecule has 1 heterocycles. The van der Waals surface area contributed by atoms with Crippen LogP contribution in [0.1, 0.15) is 43.8 Å². The normalized spacial score (nSPS) is 17.3. The number of hydrogen-bond donors (Lipinski definition) is 2. The molecule has 1 aromatic carbocycles. The van der Waals surface area contributed by atoms with Crippen LogP contribution in [-0.4, -0.2) is 27.1 Å². The fourth-order valence-corrected chi connectivity index (χ4v) is 4.49. The third kappa shape index (κ3) is 4.44. The molecule has 1 aliphatic rings. The maximum absolute atomic E-state index is 10.2. The molecule has 2 aromatic rings. The summed E-state index contributed by atoms with van der Waals surface area (Å²) in [5, 5.41) is 23.0. The van der Waals surface area contributed by atoms with Gasteiger partial charge in [-0.1, -0.05) is 72.7 Å². The van der Waals surface area contributed by atoms with E-state index >= 15 is 0 Å². The molecule has 2 N–H and O–H groups in total. The van der Waals surface area contributed by atoms with Crippen LogP contribution in [0.4, 0.5) is 5.13 Å². The largest absolute Gasteiger partial charge is 0.388 e. The minimum absolute atomic E-state index is 0.468. The number of nitrogens with zero attached hydrogens (tertiary/aromatic N) is 2. The molecule has 3 rings (SSSR count). The first-order valence-corrected chi connectivity index (χ1v) is 9.57. The van der Waals surface area contributed by atoms with Gasteiger partial charge in [-0.25, -0.2) is 0 Å². The minimum Gasteiger partial charge on any atom is -0.388 e. The molecule has 1 aromatic heterocycles. The highest BCUT2D eigenvalue weighted by Crippen LogP contribution is 2.30. The highest BCUT2D eigenvalue weighted by atomic mass is 32.2. The van der Waals surface area contributed by atoms with E-state index in [1.165, 1.54) is 32.1 Å². The standard InChI is InChI=1S/C16H21N3OS2/c20-14(12-7-3-1-4-8-12)11-21-16-19-18-15(22-16)17-13-9-5-2-6-10-13/h1,3-4,7-8,13-14,20H,2,5-6,9-11H2,(H,17,18). The summed E-state index contributed by atoms with van der Waals surface area (Å²) in [5.74, 6) is 0.599. The van der Waals surface area contributed by atoms with Gasteiger partial charge in [0.2, 0.25) is 5.13 Å². The van der Waals surface area contributed by atoms with Gasteiger partial charge in [-0.15, -0.1) is 10.2 Å². The number of aromatic nitrogens is 2. The lowest BCUT2D eigenvalue weighted by Gasteiger charge is -2.21. The van der Waals surface area contributed by atoms with Gasteiger partial charge in [0.15, 0.2) is 4.34 Å². The average Bonchev–Trinajstić information content (AvgIpc) is 3.02. The molecule has 0 saturated heterocycles. The predicted molar refractivity (Wildman–Crippen MR) is 92.5 cm³/mol. The Morgan fingerprint density at radius 2 is 1.95 bits per heavy atom. The fourth-order valence-electron chi connectivity index (χ4n) is 2.67. The molecule has 1 saturated carbocycles. The van der Waals surface area contributed by atoms with Gasteiger partial charge in [0.1, 0.15) is 0 Å². The van der Waals surface area contributed by atoms with Crippen molar-refractivity contribution in [3.05, 3.63) is 35.9 Å². The Kier molecular flexibility index (Phi) is 5.70. The average molecular weight is 335 g/mol. The molecule has 4 nitrogen and oxygen atoms in total. The number of nitrogens with one attached hydrogen (secondary N) is 1. The second kappa shape index (κ2) is 7.94. The molecular weight excluding hydrogens is 314 g/mol. The Morgan fingerprint density at radius 1 is 1.18 bits per heavy atom. The lowest BCUT2D eigenvalue weighted by molar-refractivity contribution is 0.204. The second-order valence-corrected chi connectivity index (χ2v) is 7.83. The van der Waals surface area contributed by atoms with Gasteiger partial charge in [-0.3, -0.25) is 0 Å². The molecular formula is C16H21N3OS2. The Balaban J connectivity index is 1.49. The third-order valence-electron chi connectivity index (χ3n) is 3.89. The summed E-state index contributed by atoms with van der Waals surface area (Å²) >= 11 is 3.14. The molecule has 0 bridgehead atoms. The quantitative estimate of drug-likeness (QED) is 0.778. The second-order valence-electron chi connectivity index (χ2n) is 5.59. The van der Waals surface area contributed by atoms with Crippen LogP contribution >= 0.6 is 23.1 Å². The predicted octanol–water partition coefficient (Wildman–Crippen LogP) is 4.11. The molecule has 0 aliphatic heterocycles. The molecule has 6 heteroatoms. The van der Waals surface area contributed by atoms with E-state index in [2.05, 4.69) is 15.5 Å². The molecule has 118 valence electrons. The summed E-state index contributed by atoms with van der Waals surface area (Å²) in [6.45, 7) is 0. The van der Waals surface area contributed by atoms with Crippen molar-refractivity contribution in [2.75, 3.05) is 11.1 Å². The van der Waals surface area contributed by atoms with E-state index in [0.717, 1.165) is 15.0 Å². The van der Waals surface area contributed by atoms with Crippen molar-refractivity contribution in [3.8, 4) is 0 Å². The van der Waals surface area contributed by atoms with Crippen LogP contribution in [-0.2, 0) is 0 Å². The SMILES string of the molecule is OC(CSc1nnc(NC2CCCCC2)s1)c1ccccc1. The number of anilines is 1. The first-order valence-electron chi connectivity index (χ1n) is 7.77. The van der Waals surface area contributed by atoms with Gasteiger partial charge in [0.25, 0.3) is 0 Å². The van der Waals surface area contributed by atoms with Crippen molar-refractivity contribution in [1.82, 2.24) is 10.2 Å². The Labute approximate surface area is 139 Å². The maximum atomic E-state index is 10.2. The summed E-state index contributed by atoms with van der Waals surface area (Å²) in [5.41, 5.74) is 0.945. The summed E-state index contributed by atoms with van der Waals surface area (Å²) in [4.78, 5) is 0. The number of thioether (sulfide) groups is 1. The number of benzene rings is 1. The van der Waals surface area contributed by atoms with E-state index in [1.54, 1.807) is 23.1 Å². The highest BCUT2D eigenvalue weighted by molar-refractivity contribution is 8.01. The van der Waals surface area contributed by atoms with Crippen LogP contribution in [0.2, 0.25) is 0 Å². The van der Waals surface area contributed by atoms with Crippen molar-refractivity contribution >= 4 is 28.2 Å². The van der Waals surface area contributed by atoms with E-state index in [9.17, 15) is 5.11 Å². The number of rotatable bonds is 6. The van der Waals surface area contributed by atoms with Crippen molar-refractivity contribution in [3.63, 3.8) is 0 Å².